The fourth-order valence-electron chi connectivity index (χ4n) is 2.13. The number of nitrogens with two attached hydrogens (primary N) is 1. The van der Waals surface area contributed by atoms with Crippen LogP contribution in [0.3, 0.4) is 0 Å². The van der Waals surface area contributed by atoms with Crippen molar-refractivity contribution in [1.82, 2.24) is 4.90 Å². The zero-order valence-electron chi connectivity index (χ0n) is 11.4. The van der Waals surface area contributed by atoms with E-state index < -0.39 is 0 Å². The summed E-state index contributed by atoms with van der Waals surface area (Å²) >= 11 is 0. The summed E-state index contributed by atoms with van der Waals surface area (Å²) in [6, 6.07) is 9.39. The van der Waals surface area contributed by atoms with E-state index in [0.717, 1.165) is 5.56 Å². The number of rotatable bonds is 5. The standard InChI is InChI=1S/C15H20N2O3/c1-2-8-19-14-10-17(9-13(14)16)15(18)20-11-12-6-4-3-5-7-12/h2-7,13-14H,1,8-11,16H2/t13-,14-/m1/s1. The van der Waals surface area contributed by atoms with Crippen LogP contribution in [-0.2, 0) is 16.1 Å². The highest BCUT2D eigenvalue weighted by Crippen LogP contribution is 2.14. The molecule has 20 heavy (non-hydrogen) atoms. The predicted octanol–water partition coefficient (Wildman–Crippen LogP) is 1.54. The van der Waals surface area contributed by atoms with Crippen LogP contribution in [0.5, 0.6) is 0 Å². The first kappa shape index (κ1) is 14.6. The molecular weight excluding hydrogens is 256 g/mol. The third-order valence-electron chi connectivity index (χ3n) is 3.20. The van der Waals surface area contributed by atoms with Gasteiger partial charge in [0.1, 0.15) is 6.61 Å². The maximum atomic E-state index is 12.0. The minimum atomic E-state index is -0.353. The maximum absolute atomic E-state index is 12.0. The number of amides is 1. The van der Waals surface area contributed by atoms with Gasteiger partial charge in [0.05, 0.1) is 25.3 Å². The third-order valence-corrected chi connectivity index (χ3v) is 3.20. The number of ether oxygens (including phenoxy) is 2. The van der Waals surface area contributed by atoms with Crippen molar-refractivity contribution in [2.24, 2.45) is 5.73 Å². The highest BCUT2D eigenvalue weighted by atomic mass is 16.6. The van der Waals surface area contributed by atoms with Gasteiger partial charge in [-0.25, -0.2) is 4.79 Å². The van der Waals surface area contributed by atoms with E-state index >= 15 is 0 Å². The molecule has 2 rings (SSSR count). The Morgan fingerprint density at radius 1 is 1.40 bits per heavy atom. The summed E-state index contributed by atoms with van der Waals surface area (Å²) in [5, 5.41) is 0. The zero-order chi connectivity index (χ0) is 14.4. The lowest BCUT2D eigenvalue weighted by Crippen LogP contribution is -2.35. The molecule has 0 aromatic heterocycles. The van der Waals surface area contributed by atoms with Gasteiger partial charge in [0.25, 0.3) is 0 Å². The number of carbonyl (C=O) groups is 1. The van der Waals surface area contributed by atoms with Gasteiger partial charge in [-0.3, -0.25) is 0 Å². The Balaban J connectivity index is 1.80. The van der Waals surface area contributed by atoms with E-state index in [2.05, 4.69) is 6.58 Å². The van der Waals surface area contributed by atoms with Crippen LogP contribution < -0.4 is 5.73 Å². The average Bonchev–Trinajstić information content (AvgIpc) is 2.85. The number of hydrogen-bond donors (Lipinski definition) is 1. The minimum Gasteiger partial charge on any atom is -0.445 e. The lowest BCUT2D eigenvalue weighted by molar-refractivity contribution is 0.0646. The molecule has 0 spiro atoms. The molecular formula is C15H20N2O3. The fourth-order valence-corrected chi connectivity index (χ4v) is 2.13. The normalized spacial score (nSPS) is 21.8. The van der Waals surface area contributed by atoms with E-state index in [0.29, 0.717) is 19.7 Å². The zero-order valence-corrected chi connectivity index (χ0v) is 11.4. The Hall–Kier alpha value is -1.85. The molecule has 0 unspecified atom stereocenters. The molecule has 5 nitrogen and oxygen atoms in total. The van der Waals surface area contributed by atoms with Gasteiger partial charge in [-0.2, -0.15) is 0 Å². The van der Waals surface area contributed by atoms with Gasteiger partial charge in [-0.15, -0.1) is 6.58 Å². The molecule has 0 aliphatic carbocycles. The van der Waals surface area contributed by atoms with Gasteiger partial charge in [0, 0.05) is 6.54 Å². The molecule has 0 radical (unpaired) electrons. The van der Waals surface area contributed by atoms with Gasteiger partial charge in [0.15, 0.2) is 0 Å². The summed E-state index contributed by atoms with van der Waals surface area (Å²) in [5.74, 6) is 0. The molecule has 1 saturated heterocycles. The topological polar surface area (TPSA) is 64.8 Å². The van der Waals surface area contributed by atoms with Gasteiger partial charge in [-0.05, 0) is 5.56 Å². The van der Waals surface area contributed by atoms with Crippen LogP contribution in [0.2, 0.25) is 0 Å². The average molecular weight is 276 g/mol. The van der Waals surface area contributed by atoms with E-state index in [4.69, 9.17) is 15.2 Å². The van der Waals surface area contributed by atoms with Crippen LogP contribution in [-0.4, -0.2) is 42.8 Å². The monoisotopic (exact) mass is 276 g/mol. The molecule has 5 heteroatoms. The number of nitrogens with zero attached hydrogens (tertiary/aromatic N) is 1. The van der Waals surface area contributed by atoms with Crippen molar-refractivity contribution >= 4 is 6.09 Å². The smallest absolute Gasteiger partial charge is 0.410 e. The Kier molecular flexibility index (Phi) is 5.15. The van der Waals surface area contributed by atoms with E-state index in [9.17, 15) is 4.79 Å². The molecule has 0 saturated carbocycles. The molecule has 1 fully saturated rings. The number of benzene rings is 1. The quantitative estimate of drug-likeness (QED) is 0.828. The number of hydrogen-bond acceptors (Lipinski definition) is 4. The van der Waals surface area contributed by atoms with Crippen LogP contribution >= 0.6 is 0 Å². The van der Waals surface area contributed by atoms with Gasteiger partial charge in [-0.1, -0.05) is 36.4 Å². The van der Waals surface area contributed by atoms with Crippen molar-refractivity contribution in [3.63, 3.8) is 0 Å². The highest BCUT2D eigenvalue weighted by Gasteiger charge is 2.34. The SMILES string of the molecule is C=CCO[C@@H]1CN(C(=O)OCc2ccccc2)C[C@H]1N. The van der Waals surface area contributed by atoms with E-state index in [1.165, 1.54) is 0 Å². The molecule has 1 aliphatic rings. The van der Waals surface area contributed by atoms with Crippen LogP contribution in [0, 0.1) is 0 Å². The summed E-state index contributed by atoms with van der Waals surface area (Å²) < 4.78 is 10.8. The molecule has 0 bridgehead atoms. The first-order chi connectivity index (χ1) is 9.70. The molecule has 108 valence electrons. The summed E-state index contributed by atoms with van der Waals surface area (Å²) in [4.78, 5) is 13.5. The van der Waals surface area contributed by atoms with Crippen LogP contribution in [0.15, 0.2) is 43.0 Å². The summed E-state index contributed by atoms with van der Waals surface area (Å²) in [7, 11) is 0. The van der Waals surface area contributed by atoms with E-state index in [1.807, 2.05) is 30.3 Å². The second-order valence-corrected chi connectivity index (χ2v) is 4.77. The maximum Gasteiger partial charge on any atom is 0.410 e. The Morgan fingerprint density at radius 3 is 2.85 bits per heavy atom. The molecule has 2 atom stereocenters. The molecule has 1 amide bonds. The molecule has 1 heterocycles. The first-order valence-electron chi connectivity index (χ1n) is 6.64. The number of carbonyl (C=O) groups excluding carboxylic acids is 1. The van der Waals surface area contributed by atoms with Crippen LogP contribution in [0.4, 0.5) is 4.79 Å². The van der Waals surface area contributed by atoms with Gasteiger partial charge in [0.2, 0.25) is 0 Å². The predicted molar refractivity (Wildman–Crippen MR) is 76.1 cm³/mol. The summed E-state index contributed by atoms with van der Waals surface area (Å²) in [5.41, 5.74) is 6.91. The summed E-state index contributed by atoms with van der Waals surface area (Å²) in [6.07, 6.45) is 1.16. The van der Waals surface area contributed by atoms with E-state index in [1.54, 1.807) is 11.0 Å². The second-order valence-electron chi connectivity index (χ2n) is 4.77. The Morgan fingerprint density at radius 2 is 2.15 bits per heavy atom. The van der Waals surface area contributed by atoms with Crippen molar-refractivity contribution in [2.45, 2.75) is 18.8 Å². The molecule has 1 aromatic carbocycles. The Bertz CT molecular complexity index is 450. The highest BCUT2D eigenvalue weighted by molar-refractivity contribution is 5.68. The second kappa shape index (κ2) is 7.07. The molecule has 2 N–H and O–H groups in total. The largest absolute Gasteiger partial charge is 0.445 e. The van der Waals surface area contributed by atoms with Crippen molar-refractivity contribution in [3.8, 4) is 0 Å². The lowest BCUT2D eigenvalue weighted by Gasteiger charge is -2.16. The first-order valence-corrected chi connectivity index (χ1v) is 6.64. The Labute approximate surface area is 119 Å². The third kappa shape index (κ3) is 3.82. The summed E-state index contributed by atoms with van der Waals surface area (Å²) in [6.45, 7) is 5.21. The molecule has 1 aromatic rings. The van der Waals surface area contributed by atoms with Crippen molar-refractivity contribution in [1.29, 1.82) is 0 Å². The molecule has 1 aliphatic heterocycles. The van der Waals surface area contributed by atoms with Crippen LogP contribution in [0.25, 0.3) is 0 Å². The van der Waals surface area contributed by atoms with Crippen molar-refractivity contribution in [3.05, 3.63) is 48.6 Å². The fraction of sp³-hybridized carbons (Fsp3) is 0.400. The van der Waals surface area contributed by atoms with Gasteiger partial charge >= 0.3 is 6.09 Å². The van der Waals surface area contributed by atoms with Crippen molar-refractivity contribution in [2.75, 3.05) is 19.7 Å². The number of likely N-dealkylation sites (tertiary alicyclic amines) is 1. The van der Waals surface area contributed by atoms with E-state index in [-0.39, 0.29) is 24.8 Å². The van der Waals surface area contributed by atoms with Gasteiger partial charge < -0.3 is 20.1 Å². The van der Waals surface area contributed by atoms with Crippen molar-refractivity contribution < 1.29 is 14.3 Å². The van der Waals surface area contributed by atoms with Crippen LogP contribution in [0.1, 0.15) is 5.56 Å². The minimum absolute atomic E-state index is 0.155. The lowest BCUT2D eigenvalue weighted by atomic mass is 10.2.